The lowest BCUT2D eigenvalue weighted by molar-refractivity contribution is -0.0415. The van der Waals surface area contributed by atoms with E-state index >= 15 is 0 Å². The zero-order chi connectivity index (χ0) is 47.0. The normalized spacial score (nSPS) is 20.5. The fourth-order valence-corrected chi connectivity index (χ4v) is 13.3. The maximum Gasteiger partial charge on any atom is 0.252 e. The molecule has 3 nitrogen and oxygen atoms in total. The smallest absolute Gasteiger partial charge is 0.252 e. The zero-order valence-corrected chi connectivity index (χ0v) is 41.2. The highest BCUT2D eigenvalue weighted by Crippen LogP contribution is 2.72. The first-order valence-electron chi connectivity index (χ1n) is 24.8. The van der Waals surface area contributed by atoms with Crippen LogP contribution in [0.3, 0.4) is 0 Å². The molecule has 8 aromatic carbocycles. The fourth-order valence-electron chi connectivity index (χ4n) is 13.3. The van der Waals surface area contributed by atoms with E-state index in [4.69, 9.17) is 0 Å². The van der Waals surface area contributed by atoms with Gasteiger partial charge in [-0.05, 0) is 140 Å². The van der Waals surface area contributed by atoms with Gasteiger partial charge in [-0.15, -0.1) is 0 Å². The number of benzene rings is 8. The van der Waals surface area contributed by atoms with Crippen LogP contribution >= 0.6 is 0 Å². The molecular formula is C64H62BN3. The second kappa shape index (κ2) is 14.9. The van der Waals surface area contributed by atoms with Crippen LogP contribution in [0.2, 0.25) is 0 Å². The first-order valence-corrected chi connectivity index (χ1v) is 24.8. The lowest BCUT2D eigenvalue weighted by Gasteiger charge is -2.65. The van der Waals surface area contributed by atoms with Gasteiger partial charge in [-0.25, -0.2) is 0 Å². The van der Waals surface area contributed by atoms with Gasteiger partial charge in [0.05, 0.1) is 5.54 Å². The van der Waals surface area contributed by atoms with Crippen molar-refractivity contribution in [1.82, 2.24) is 0 Å². The Balaban J connectivity index is 1.21. The van der Waals surface area contributed by atoms with Crippen molar-refractivity contribution in [3.05, 3.63) is 199 Å². The maximum atomic E-state index is 2.83. The molecule has 4 aliphatic rings. The summed E-state index contributed by atoms with van der Waals surface area (Å²) in [5.74, 6) is 0. The number of fused-ring (bicyclic) bond motifs is 7. The molecule has 8 aromatic rings. The Bertz CT molecular complexity index is 3280. The van der Waals surface area contributed by atoms with Crippen LogP contribution in [0.25, 0.3) is 22.3 Å². The van der Waals surface area contributed by atoms with E-state index in [1.54, 1.807) is 0 Å². The quantitative estimate of drug-likeness (QED) is 0.159. The summed E-state index contributed by atoms with van der Waals surface area (Å²) in [6.45, 7) is 22.5. The lowest BCUT2D eigenvalue weighted by Crippen LogP contribution is -2.69. The monoisotopic (exact) mass is 884 g/mol. The second-order valence-electron chi connectivity index (χ2n) is 22.7. The summed E-state index contributed by atoms with van der Waals surface area (Å²) in [5.41, 5.74) is 20.9. The average molecular weight is 884 g/mol. The minimum Gasteiger partial charge on any atom is -0.334 e. The van der Waals surface area contributed by atoms with Crippen molar-refractivity contribution in [3.8, 4) is 22.3 Å². The van der Waals surface area contributed by atoms with E-state index in [2.05, 4.69) is 265 Å². The minimum atomic E-state index is -0.295. The van der Waals surface area contributed by atoms with E-state index in [1.165, 1.54) is 90.3 Å². The first-order chi connectivity index (χ1) is 32.6. The predicted octanol–water partition coefficient (Wildman–Crippen LogP) is 15.4. The molecule has 1 saturated carbocycles. The van der Waals surface area contributed by atoms with Crippen molar-refractivity contribution in [2.75, 3.05) is 14.7 Å². The van der Waals surface area contributed by atoms with Crippen LogP contribution in [0.5, 0.6) is 0 Å². The van der Waals surface area contributed by atoms with Crippen molar-refractivity contribution in [3.63, 3.8) is 0 Å². The topological polar surface area (TPSA) is 9.72 Å². The fraction of sp³-hybridized carbons (Fsp3) is 0.250. The van der Waals surface area contributed by atoms with Crippen molar-refractivity contribution in [1.29, 1.82) is 0 Å². The highest BCUT2D eigenvalue weighted by molar-refractivity contribution is 7.00. The average Bonchev–Trinajstić information content (AvgIpc) is 3.58. The number of hydrogen-bond donors (Lipinski definition) is 0. The van der Waals surface area contributed by atoms with Crippen LogP contribution < -0.4 is 31.1 Å². The molecule has 336 valence electrons. The van der Waals surface area contributed by atoms with E-state index in [9.17, 15) is 0 Å². The van der Waals surface area contributed by atoms with Crippen molar-refractivity contribution < 1.29 is 0 Å². The Labute approximate surface area is 405 Å². The third kappa shape index (κ3) is 5.92. The van der Waals surface area contributed by atoms with E-state index in [1.807, 2.05) is 0 Å². The van der Waals surface area contributed by atoms with Crippen molar-refractivity contribution >= 4 is 68.6 Å². The number of hydrogen-bond acceptors (Lipinski definition) is 3. The third-order valence-corrected chi connectivity index (χ3v) is 17.7. The lowest BCUT2D eigenvalue weighted by atomic mass is 9.33. The van der Waals surface area contributed by atoms with Crippen molar-refractivity contribution in [2.24, 2.45) is 10.8 Å². The summed E-state index contributed by atoms with van der Waals surface area (Å²) in [6, 6.07) is 71.1. The summed E-state index contributed by atoms with van der Waals surface area (Å²) >= 11 is 0. The second-order valence-corrected chi connectivity index (χ2v) is 22.7. The van der Waals surface area contributed by atoms with Crippen LogP contribution in [-0.4, -0.2) is 12.3 Å². The Morgan fingerprint density at radius 2 is 0.956 bits per heavy atom. The van der Waals surface area contributed by atoms with Gasteiger partial charge in [-0.3, -0.25) is 0 Å². The maximum absolute atomic E-state index is 2.83. The Kier molecular flexibility index (Phi) is 9.30. The van der Waals surface area contributed by atoms with Crippen LogP contribution in [0.15, 0.2) is 188 Å². The van der Waals surface area contributed by atoms with Crippen LogP contribution in [0.1, 0.15) is 86.3 Å². The molecule has 0 radical (unpaired) electrons. The molecule has 3 aliphatic heterocycles. The van der Waals surface area contributed by atoms with Gasteiger partial charge in [-0.1, -0.05) is 189 Å². The number of para-hydroxylation sites is 2. The molecule has 4 heteroatoms. The van der Waals surface area contributed by atoms with Gasteiger partial charge >= 0.3 is 0 Å². The molecule has 1 fully saturated rings. The molecule has 1 aliphatic carbocycles. The van der Waals surface area contributed by atoms with Crippen LogP contribution in [0.4, 0.5) is 45.5 Å². The molecule has 12 rings (SSSR count). The van der Waals surface area contributed by atoms with E-state index < -0.39 is 0 Å². The molecule has 3 heterocycles. The number of anilines is 8. The Morgan fingerprint density at radius 3 is 1.62 bits per heavy atom. The third-order valence-electron chi connectivity index (χ3n) is 17.7. The number of nitrogens with zero attached hydrogens (tertiary/aromatic N) is 3. The van der Waals surface area contributed by atoms with Gasteiger partial charge in [-0.2, -0.15) is 0 Å². The summed E-state index contributed by atoms with van der Waals surface area (Å²) in [4.78, 5) is 8.01. The predicted molar refractivity (Wildman–Crippen MR) is 291 cm³/mol. The van der Waals surface area contributed by atoms with Gasteiger partial charge in [0.2, 0.25) is 0 Å². The van der Waals surface area contributed by atoms with Crippen molar-refractivity contribution in [2.45, 2.75) is 91.5 Å². The molecule has 0 amide bonds. The summed E-state index contributed by atoms with van der Waals surface area (Å²) in [6.07, 6.45) is 2.31. The Morgan fingerprint density at radius 1 is 0.412 bits per heavy atom. The van der Waals surface area contributed by atoms with Gasteiger partial charge in [0.25, 0.3) is 6.71 Å². The molecule has 0 aromatic heterocycles. The Hall–Kier alpha value is -6.78. The number of rotatable bonds is 5. The highest BCUT2D eigenvalue weighted by Gasteiger charge is 2.70. The molecule has 0 N–H and O–H groups in total. The first kappa shape index (κ1) is 42.6. The van der Waals surface area contributed by atoms with Gasteiger partial charge < -0.3 is 14.7 Å². The molecule has 68 heavy (non-hydrogen) atoms. The molecule has 0 saturated heterocycles. The molecular weight excluding hydrogens is 822 g/mol. The van der Waals surface area contributed by atoms with Gasteiger partial charge in [0, 0.05) is 50.9 Å². The SMILES string of the molecule is CC(C)(C)c1ccc2c(c1)C1(C)C(C)(C)CCC(C)(C)C1(C)N2c1cc2c3c(c1)N(c1cccc(-c4ccccc4)c1)c1cc(-c4ccccc4)ccc1B3c1ccccc1N2c1ccccc1. The molecule has 0 spiro atoms. The van der Waals surface area contributed by atoms with Crippen LogP contribution in [-0.2, 0) is 10.8 Å². The molecule has 0 bridgehead atoms. The van der Waals surface area contributed by atoms with E-state index in [0.717, 1.165) is 17.8 Å². The molecule has 2 atom stereocenters. The summed E-state index contributed by atoms with van der Waals surface area (Å²) in [7, 11) is 0. The summed E-state index contributed by atoms with van der Waals surface area (Å²) in [5, 5.41) is 0. The van der Waals surface area contributed by atoms with E-state index in [0.29, 0.717) is 0 Å². The summed E-state index contributed by atoms with van der Waals surface area (Å²) < 4.78 is 0. The minimum absolute atomic E-state index is 0.00436. The highest BCUT2D eigenvalue weighted by atomic mass is 15.3. The standard InChI is InChI=1S/C64H62BN3/c1-60(2,3)47-33-35-54-51(40-47)63(8)61(4,5)36-37-62(6,7)64(63,9)68(54)50-41-57-59-58(42-50)67(49-29-21-26-45(38-49)43-22-13-10-14-23-43)56-39-46(44-24-15-11-16-25-44)32-34-53(56)65(59)52-30-19-20-31-55(52)66(57)48-27-17-12-18-28-48/h10-35,38-42H,36-37H2,1-9H3. The molecule has 2 unspecified atom stereocenters. The zero-order valence-electron chi connectivity index (χ0n) is 41.2. The van der Waals surface area contributed by atoms with Crippen LogP contribution in [0, 0.1) is 10.8 Å². The van der Waals surface area contributed by atoms with Gasteiger partial charge in [0.1, 0.15) is 0 Å². The largest absolute Gasteiger partial charge is 0.334 e. The van der Waals surface area contributed by atoms with E-state index in [-0.39, 0.29) is 33.9 Å². The van der Waals surface area contributed by atoms with Gasteiger partial charge in [0.15, 0.2) is 0 Å².